The second-order valence-electron chi connectivity index (χ2n) is 8.88. The van der Waals surface area contributed by atoms with E-state index in [1.807, 2.05) is 57.2 Å². The molecule has 0 spiro atoms. The number of piperazine rings is 1. The van der Waals surface area contributed by atoms with E-state index >= 15 is 0 Å². The van der Waals surface area contributed by atoms with Crippen molar-refractivity contribution in [1.82, 2.24) is 19.8 Å². The fourth-order valence-electron chi connectivity index (χ4n) is 4.06. The van der Waals surface area contributed by atoms with Gasteiger partial charge in [-0.25, -0.2) is 9.97 Å². The third-order valence-corrected chi connectivity index (χ3v) is 6.14. The first kappa shape index (κ1) is 25.5. The van der Waals surface area contributed by atoms with E-state index in [1.54, 1.807) is 0 Å². The maximum Gasteiger partial charge on any atom is 0.229 e. The highest BCUT2D eigenvalue weighted by atomic mass is 32.1. The van der Waals surface area contributed by atoms with Crippen LogP contribution in [0.1, 0.15) is 22.5 Å². The number of benzene rings is 2. The summed E-state index contributed by atoms with van der Waals surface area (Å²) in [5.41, 5.74) is 5.08. The number of hydrogen-bond donors (Lipinski definition) is 2. The number of anilines is 2. The van der Waals surface area contributed by atoms with Gasteiger partial charge in [-0.05, 0) is 56.2 Å². The van der Waals surface area contributed by atoms with Gasteiger partial charge in [0.15, 0.2) is 0 Å². The highest BCUT2D eigenvalue weighted by Gasteiger charge is 2.21. The minimum absolute atomic E-state index is 0.393. The van der Waals surface area contributed by atoms with Crippen molar-refractivity contribution in [2.75, 3.05) is 43.4 Å². The second kappa shape index (κ2) is 12.4. The van der Waals surface area contributed by atoms with Crippen molar-refractivity contribution >= 4 is 41.0 Å². The standard InChI is InChI=1S/C28H33N7S/c1-21-10-7-8-14-25(21)31-28(36)33-27(32-26-29-22(2)20-23(3)30-26)35-18-16-34(17-19-35)15-9-13-24-11-5-4-6-12-24/h4-14,20H,15-19H2,1-3H3,(H2,29,30,31,32,33,36)/b13-9+. The van der Waals surface area contributed by atoms with Crippen molar-refractivity contribution in [2.45, 2.75) is 20.8 Å². The Bertz CT molecular complexity index is 1210. The summed E-state index contributed by atoms with van der Waals surface area (Å²) in [4.78, 5) is 18.5. The van der Waals surface area contributed by atoms with Gasteiger partial charge in [-0.15, -0.1) is 0 Å². The van der Waals surface area contributed by atoms with Crippen molar-refractivity contribution in [2.24, 2.45) is 4.99 Å². The van der Waals surface area contributed by atoms with Crippen LogP contribution in [0.5, 0.6) is 0 Å². The molecule has 8 heteroatoms. The number of para-hydroxylation sites is 1. The summed E-state index contributed by atoms with van der Waals surface area (Å²) < 4.78 is 0. The molecule has 7 nitrogen and oxygen atoms in total. The van der Waals surface area contributed by atoms with Crippen LogP contribution >= 0.6 is 12.2 Å². The molecule has 1 aliphatic rings. The van der Waals surface area contributed by atoms with Crippen LogP contribution in [0.3, 0.4) is 0 Å². The Labute approximate surface area is 219 Å². The van der Waals surface area contributed by atoms with Gasteiger partial charge < -0.3 is 10.2 Å². The van der Waals surface area contributed by atoms with Crippen LogP contribution in [0, 0.1) is 20.8 Å². The van der Waals surface area contributed by atoms with Gasteiger partial charge in [-0.3, -0.25) is 10.2 Å². The molecule has 1 fully saturated rings. The maximum absolute atomic E-state index is 5.61. The van der Waals surface area contributed by atoms with Crippen LogP contribution in [0.2, 0.25) is 0 Å². The Morgan fingerprint density at radius 2 is 1.58 bits per heavy atom. The number of aliphatic imine (C=N–C) groups is 1. The molecule has 0 amide bonds. The van der Waals surface area contributed by atoms with E-state index in [0.29, 0.717) is 17.0 Å². The lowest BCUT2D eigenvalue weighted by atomic mass is 10.2. The van der Waals surface area contributed by atoms with Crippen molar-refractivity contribution in [3.63, 3.8) is 0 Å². The molecule has 2 heterocycles. The smallest absolute Gasteiger partial charge is 0.229 e. The zero-order valence-corrected chi connectivity index (χ0v) is 21.9. The second-order valence-corrected chi connectivity index (χ2v) is 9.27. The monoisotopic (exact) mass is 499 g/mol. The average Bonchev–Trinajstić information content (AvgIpc) is 2.86. The molecule has 0 saturated carbocycles. The van der Waals surface area contributed by atoms with Gasteiger partial charge in [0.25, 0.3) is 0 Å². The number of aromatic nitrogens is 2. The van der Waals surface area contributed by atoms with Gasteiger partial charge in [-0.1, -0.05) is 60.7 Å². The first-order valence-electron chi connectivity index (χ1n) is 12.2. The summed E-state index contributed by atoms with van der Waals surface area (Å²) in [5, 5.41) is 6.99. The van der Waals surface area contributed by atoms with E-state index in [4.69, 9.17) is 17.2 Å². The van der Waals surface area contributed by atoms with Gasteiger partial charge in [0, 0.05) is 49.8 Å². The van der Waals surface area contributed by atoms with Gasteiger partial charge in [0.1, 0.15) is 0 Å². The number of thiocarbonyl (C=S) groups is 1. The summed E-state index contributed by atoms with van der Waals surface area (Å²) in [6, 6.07) is 20.4. The van der Waals surface area contributed by atoms with E-state index in [-0.39, 0.29) is 0 Å². The minimum Gasteiger partial charge on any atom is -0.340 e. The molecule has 0 unspecified atom stereocenters. The molecule has 0 aliphatic carbocycles. The van der Waals surface area contributed by atoms with Gasteiger partial charge >= 0.3 is 0 Å². The third-order valence-electron chi connectivity index (χ3n) is 5.95. The molecule has 0 atom stereocenters. The first-order chi connectivity index (χ1) is 17.5. The number of aryl methyl sites for hydroxylation is 3. The van der Waals surface area contributed by atoms with E-state index in [1.165, 1.54) is 5.56 Å². The van der Waals surface area contributed by atoms with Crippen LogP contribution in [0.15, 0.2) is 71.7 Å². The van der Waals surface area contributed by atoms with E-state index in [0.717, 1.165) is 55.4 Å². The number of hydrogen-bond acceptors (Lipinski definition) is 4. The molecular formula is C28H33N7S. The van der Waals surface area contributed by atoms with E-state index in [9.17, 15) is 0 Å². The van der Waals surface area contributed by atoms with E-state index < -0.39 is 0 Å². The van der Waals surface area contributed by atoms with Crippen LogP contribution in [-0.4, -0.2) is 63.6 Å². The average molecular weight is 500 g/mol. The number of rotatable bonds is 5. The van der Waals surface area contributed by atoms with E-state index in [2.05, 4.69) is 66.8 Å². The molecule has 2 aromatic carbocycles. The molecule has 1 saturated heterocycles. The number of nitrogens with one attached hydrogen (secondary N) is 2. The molecule has 0 radical (unpaired) electrons. The third kappa shape index (κ3) is 7.44. The number of guanidine groups is 1. The van der Waals surface area contributed by atoms with Gasteiger partial charge in [0.2, 0.25) is 17.0 Å². The SMILES string of the molecule is Cc1cc(C)nc(N/C(=N/C(=S)Nc2ccccc2C)N2CCN(C/C=C/c3ccccc3)CC2)n1. The Morgan fingerprint density at radius 3 is 2.28 bits per heavy atom. The molecule has 186 valence electrons. The first-order valence-corrected chi connectivity index (χ1v) is 12.6. The maximum atomic E-state index is 5.61. The highest BCUT2D eigenvalue weighted by Crippen LogP contribution is 2.14. The minimum atomic E-state index is 0.393. The summed E-state index contributed by atoms with van der Waals surface area (Å²) in [7, 11) is 0. The van der Waals surface area contributed by atoms with Crippen molar-refractivity contribution in [1.29, 1.82) is 0 Å². The molecule has 36 heavy (non-hydrogen) atoms. The lowest BCUT2D eigenvalue weighted by Crippen LogP contribution is -2.51. The largest absolute Gasteiger partial charge is 0.340 e. The summed E-state index contributed by atoms with van der Waals surface area (Å²) in [6.45, 7) is 10.4. The quantitative estimate of drug-likeness (QED) is 0.294. The summed E-state index contributed by atoms with van der Waals surface area (Å²) in [5.74, 6) is 1.18. The normalized spacial score (nSPS) is 14.8. The highest BCUT2D eigenvalue weighted by molar-refractivity contribution is 7.80. The number of nitrogens with zero attached hydrogens (tertiary/aromatic N) is 5. The zero-order chi connectivity index (χ0) is 25.3. The molecule has 2 N–H and O–H groups in total. The van der Waals surface area contributed by atoms with Gasteiger partial charge in [0.05, 0.1) is 0 Å². The predicted octanol–water partition coefficient (Wildman–Crippen LogP) is 4.90. The molecular weight excluding hydrogens is 466 g/mol. The Morgan fingerprint density at radius 1 is 0.917 bits per heavy atom. The summed E-state index contributed by atoms with van der Waals surface area (Å²) in [6.07, 6.45) is 4.40. The summed E-state index contributed by atoms with van der Waals surface area (Å²) >= 11 is 5.61. The lowest BCUT2D eigenvalue weighted by molar-refractivity contribution is 0.198. The topological polar surface area (TPSA) is 68.7 Å². The van der Waals surface area contributed by atoms with Crippen molar-refractivity contribution < 1.29 is 0 Å². The fourth-order valence-corrected chi connectivity index (χ4v) is 4.25. The van der Waals surface area contributed by atoms with Crippen LogP contribution in [-0.2, 0) is 0 Å². The predicted molar refractivity (Wildman–Crippen MR) is 153 cm³/mol. The van der Waals surface area contributed by atoms with Crippen molar-refractivity contribution in [3.05, 3.63) is 89.3 Å². The fraction of sp³-hybridized carbons (Fsp3) is 0.286. The van der Waals surface area contributed by atoms with Crippen LogP contribution in [0.4, 0.5) is 11.6 Å². The Hall–Kier alpha value is -3.62. The molecule has 4 rings (SSSR count). The Kier molecular flexibility index (Phi) is 8.76. The zero-order valence-electron chi connectivity index (χ0n) is 21.1. The molecule has 1 aromatic heterocycles. The molecule has 3 aromatic rings. The van der Waals surface area contributed by atoms with Gasteiger partial charge in [-0.2, -0.15) is 4.99 Å². The van der Waals surface area contributed by atoms with Crippen LogP contribution in [0.25, 0.3) is 6.08 Å². The van der Waals surface area contributed by atoms with Crippen LogP contribution < -0.4 is 10.6 Å². The molecule has 1 aliphatic heterocycles. The van der Waals surface area contributed by atoms with Crippen molar-refractivity contribution in [3.8, 4) is 0 Å². The molecule has 0 bridgehead atoms. The Balaban J connectivity index is 1.44. The lowest BCUT2D eigenvalue weighted by Gasteiger charge is -2.35.